The first-order valence-corrected chi connectivity index (χ1v) is 5.36. The fraction of sp³-hybridized carbons (Fsp3) is 0.333. The van der Waals surface area contributed by atoms with Crippen LogP contribution in [0, 0.1) is 0 Å². The molecule has 0 saturated heterocycles. The molecule has 1 aromatic carbocycles. The van der Waals surface area contributed by atoms with Gasteiger partial charge in [0.2, 0.25) is 0 Å². The molecule has 0 radical (unpaired) electrons. The molecule has 0 nitrogen and oxygen atoms in total. The minimum absolute atomic E-state index is 0.237. The Labute approximate surface area is 91.5 Å². The monoisotopic (exact) mass is 205 g/mol. The average molecular weight is 205 g/mol. The number of allylic oxidation sites excluding steroid dienone is 2. The Morgan fingerprint density at radius 2 is 1.77 bits per heavy atom. The zero-order valence-electron chi connectivity index (χ0n) is 8.31. The van der Waals surface area contributed by atoms with Crippen molar-refractivity contribution in [2.24, 2.45) is 0 Å². The van der Waals surface area contributed by atoms with E-state index in [2.05, 4.69) is 65.5 Å². The topological polar surface area (TPSA) is 0 Å². The van der Waals surface area contributed by atoms with E-state index >= 15 is 0 Å². The summed E-state index contributed by atoms with van der Waals surface area (Å²) < 4.78 is 0.237. The number of hydrogen-bond donors (Lipinski definition) is 0. The van der Waals surface area contributed by atoms with Crippen LogP contribution in [0.25, 0.3) is 5.57 Å². The molecule has 2 rings (SSSR count). The van der Waals surface area contributed by atoms with E-state index < -0.39 is 0 Å². The van der Waals surface area contributed by atoms with Gasteiger partial charge < -0.3 is 0 Å². The third kappa shape index (κ3) is 1.16. The summed E-state index contributed by atoms with van der Waals surface area (Å²) in [6.45, 7) is 6.77. The molecule has 1 heteroatoms. The molecule has 0 aromatic heterocycles. The summed E-state index contributed by atoms with van der Waals surface area (Å²) in [7, 11) is 0. The maximum absolute atomic E-state index is 2.30. The summed E-state index contributed by atoms with van der Waals surface area (Å²) in [6.07, 6.45) is 0. The first kappa shape index (κ1) is 9.24. The molecular weight excluding hydrogens is 192 g/mol. The van der Waals surface area contributed by atoms with E-state index in [1.165, 1.54) is 22.3 Å². The van der Waals surface area contributed by atoms with Crippen molar-refractivity contribution in [2.45, 2.75) is 24.5 Å². The van der Waals surface area contributed by atoms with E-state index in [1.54, 1.807) is 0 Å². The quantitative estimate of drug-likeness (QED) is 0.570. The molecule has 0 spiro atoms. The van der Waals surface area contributed by atoms with Crippen LogP contribution in [0.15, 0.2) is 29.8 Å². The number of benzene rings is 1. The molecule has 13 heavy (non-hydrogen) atoms. The van der Waals surface area contributed by atoms with Gasteiger partial charge in [0.25, 0.3) is 0 Å². The first-order chi connectivity index (χ1) is 6.05. The van der Waals surface area contributed by atoms with E-state index in [1.807, 2.05) is 0 Å². The molecule has 0 bridgehead atoms. The SMILES string of the molecule is CC1=C(C)[C](C)([Ti])c2ccccc21. The van der Waals surface area contributed by atoms with Gasteiger partial charge in [-0.2, -0.15) is 0 Å². The van der Waals surface area contributed by atoms with Crippen molar-refractivity contribution in [1.29, 1.82) is 0 Å². The molecule has 1 aromatic rings. The Morgan fingerprint density at radius 3 is 2.38 bits per heavy atom. The standard InChI is InChI=1S/C12H13.Ti/c1-8-9(2)11-6-4-5-7-12(11)10(8)3;/h4-7H,1-3H3;. The fourth-order valence-electron chi connectivity index (χ4n) is 2.03. The molecule has 0 amide bonds. The van der Waals surface area contributed by atoms with Gasteiger partial charge in [0.05, 0.1) is 0 Å². The predicted octanol–water partition coefficient (Wildman–Crippen LogP) is 3.26. The molecule has 0 N–H and O–H groups in total. The van der Waals surface area contributed by atoms with E-state index in [0.717, 1.165) is 0 Å². The number of fused-ring (bicyclic) bond motifs is 1. The van der Waals surface area contributed by atoms with Gasteiger partial charge in [-0.15, -0.1) is 0 Å². The molecule has 0 heterocycles. The third-order valence-electron chi connectivity index (χ3n) is 3.18. The number of hydrogen-bond acceptors (Lipinski definition) is 0. The Hall–Kier alpha value is -0.326. The van der Waals surface area contributed by atoms with Gasteiger partial charge >= 0.3 is 91.5 Å². The molecule has 1 unspecified atom stereocenters. The van der Waals surface area contributed by atoms with E-state index in [0.29, 0.717) is 0 Å². The Morgan fingerprint density at radius 1 is 1.15 bits per heavy atom. The third-order valence-corrected chi connectivity index (χ3v) is 4.19. The minimum atomic E-state index is 0.237. The second-order valence-corrected chi connectivity index (χ2v) is 5.48. The predicted molar refractivity (Wildman–Crippen MR) is 52.1 cm³/mol. The van der Waals surface area contributed by atoms with Crippen LogP contribution in [0.4, 0.5) is 0 Å². The molecule has 0 fully saturated rings. The summed E-state index contributed by atoms with van der Waals surface area (Å²) in [5.74, 6) is 0. The van der Waals surface area contributed by atoms with Gasteiger partial charge in [0, 0.05) is 0 Å². The number of rotatable bonds is 0. The summed E-state index contributed by atoms with van der Waals surface area (Å²) in [5, 5.41) is 0. The van der Waals surface area contributed by atoms with Crippen LogP contribution in [-0.4, -0.2) is 0 Å². The van der Waals surface area contributed by atoms with Gasteiger partial charge in [0.15, 0.2) is 0 Å². The fourth-order valence-corrected chi connectivity index (χ4v) is 2.66. The molecule has 1 atom stereocenters. The van der Waals surface area contributed by atoms with Gasteiger partial charge in [0.1, 0.15) is 0 Å². The van der Waals surface area contributed by atoms with Crippen molar-refractivity contribution >= 4 is 5.57 Å². The van der Waals surface area contributed by atoms with Crippen LogP contribution in [0.2, 0.25) is 0 Å². The normalized spacial score (nSPS) is 26.3. The molecule has 1 aliphatic carbocycles. The molecular formula is C12H13Ti. The van der Waals surface area contributed by atoms with Crippen molar-refractivity contribution in [3.05, 3.63) is 41.0 Å². The second kappa shape index (κ2) is 2.83. The zero-order valence-corrected chi connectivity index (χ0v) is 9.87. The maximum atomic E-state index is 2.30. The van der Waals surface area contributed by atoms with Gasteiger partial charge in [-0.1, -0.05) is 0 Å². The van der Waals surface area contributed by atoms with Gasteiger partial charge in [-0.25, -0.2) is 0 Å². The van der Waals surface area contributed by atoms with Crippen LogP contribution in [0.5, 0.6) is 0 Å². The van der Waals surface area contributed by atoms with Crippen molar-refractivity contribution in [2.75, 3.05) is 0 Å². The van der Waals surface area contributed by atoms with Crippen molar-refractivity contribution < 1.29 is 20.4 Å². The van der Waals surface area contributed by atoms with Crippen LogP contribution in [-0.2, 0) is 24.2 Å². The summed E-state index contributed by atoms with van der Waals surface area (Å²) in [5.41, 5.74) is 5.88. The van der Waals surface area contributed by atoms with Crippen LogP contribution < -0.4 is 0 Å². The molecule has 1 aliphatic rings. The zero-order chi connectivity index (χ0) is 9.64. The van der Waals surface area contributed by atoms with Gasteiger partial charge in [-0.3, -0.25) is 0 Å². The van der Waals surface area contributed by atoms with Crippen LogP contribution >= 0.6 is 0 Å². The summed E-state index contributed by atoms with van der Waals surface area (Å²) >= 11 is 2.30. The second-order valence-electron chi connectivity index (χ2n) is 3.92. The molecule has 0 aliphatic heterocycles. The van der Waals surface area contributed by atoms with Crippen molar-refractivity contribution in [3.63, 3.8) is 0 Å². The van der Waals surface area contributed by atoms with E-state index in [4.69, 9.17) is 0 Å². The average Bonchev–Trinajstić information content (AvgIpc) is 2.30. The first-order valence-electron chi connectivity index (χ1n) is 4.58. The summed E-state index contributed by atoms with van der Waals surface area (Å²) in [4.78, 5) is 0. The van der Waals surface area contributed by atoms with Gasteiger partial charge in [-0.05, 0) is 0 Å². The van der Waals surface area contributed by atoms with E-state index in [9.17, 15) is 0 Å². The van der Waals surface area contributed by atoms with Crippen molar-refractivity contribution in [3.8, 4) is 0 Å². The van der Waals surface area contributed by atoms with Crippen LogP contribution in [0.3, 0.4) is 0 Å². The Kier molecular flexibility index (Phi) is 2.01. The van der Waals surface area contributed by atoms with E-state index in [-0.39, 0.29) is 3.72 Å². The molecule has 65 valence electrons. The summed E-state index contributed by atoms with van der Waals surface area (Å²) in [6, 6.07) is 8.72. The molecule has 0 saturated carbocycles. The van der Waals surface area contributed by atoms with Crippen LogP contribution in [0.1, 0.15) is 31.9 Å². The Bertz CT molecular complexity index is 386. The Balaban J connectivity index is 2.74. The van der Waals surface area contributed by atoms with Crippen molar-refractivity contribution in [1.82, 2.24) is 0 Å².